The van der Waals surface area contributed by atoms with Crippen molar-refractivity contribution in [3.05, 3.63) is 95.6 Å². The third kappa shape index (κ3) is 6.34. The van der Waals surface area contributed by atoms with Gasteiger partial charge in [0.1, 0.15) is 24.7 Å². The number of aliphatic hydroxyl groups excluding tert-OH is 2. The van der Waals surface area contributed by atoms with Crippen LogP contribution in [0.3, 0.4) is 0 Å². The predicted octanol–water partition coefficient (Wildman–Crippen LogP) is 5.02. The number of benzene rings is 3. The number of alkyl halides is 1. The van der Waals surface area contributed by atoms with Crippen LogP contribution >= 0.6 is 11.6 Å². The number of aliphatic hydroxyl groups is 2. The van der Waals surface area contributed by atoms with Gasteiger partial charge in [-0.15, -0.1) is 11.6 Å². The fourth-order valence-corrected chi connectivity index (χ4v) is 3.61. The average Bonchev–Trinajstić information content (AvgIpc) is 2.83. The standard InChI is InChI=1S/C26H27ClO4/c27-15-14-25(20-4-2-1-3-5-20)26(21-6-10-23(11-7-21)30-18-16-28)22-8-12-24(13-9-22)31-19-17-29/h1-13,28-29H,14-19H2. The van der Waals surface area contributed by atoms with Gasteiger partial charge in [0.2, 0.25) is 0 Å². The molecule has 2 N–H and O–H groups in total. The van der Waals surface area contributed by atoms with Crippen LogP contribution in [0.2, 0.25) is 0 Å². The van der Waals surface area contributed by atoms with Crippen molar-refractivity contribution in [3.63, 3.8) is 0 Å². The lowest BCUT2D eigenvalue weighted by molar-refractivity contribution is 0.201. The maximum absolute atomic E-state index is 8.98. The molecule has 31 heavy (non-hydrogen) atoms. The summed E-state index contributed by atoms with van der Waals surface area (Å²) in [5.41, 5.74) is 5.46. The van der Waals surface area contributed by atoms with E-state index in [9.17, 15) is 0 Å². The van der Waals surface area contributed by atoms with Gasteiger partial charge in [0.05, 0.1) is 13.2 Å². The Morgan fingerprint density at radius 1 is 0.645 bits per heavy atom. The molecule has 0 saturated heterocycles. The molecule has 0 saturated carbocycles. The summed E-state index contributed by atoms with van der Waals surface area (Å²) >= 11 is 6.21. The van der Waals surface area contributed by atoms with Crippen molar-refractivity contribution in [2.24, 2.45) is 0 Å². The van der Waals surface area contributed by atoms with Crippen LogP contribution in [0.1, 0.15) is 23.1 Å². The van der Waals surface area contributed by atoms with Gasteiger partial charge in [-0.2, -0.15) is 0 Å². The largest absolute Gasteiger partial charge is 0.491 e. The van der Waals surface area contributed by atoms with Crippen molar-refractivity contribution in [1.82, 2.24) is 0 Å². The summed E-state index contributed by atoms with van der Waals surface area (Å²) in [5, 5.41) is 18.0. The van der Waals surface area contributed by atoms with E-state index in [-0.39, 0.29) is 26.4 Å². The molecule has 162 valence electrons. The van der Waals surface area contributed by atoms with Crippen LogP contribution in [-0.2, 0) is 0 Å². The molecule has 0 atom stereocenters. The molecule has 3 aromatic rings. The minimum absolute atomic E-state index is 0.0223. The van der Waals surface area contributed by atoms with Gasteiger partial charge in [-0.3, -0.25) is 0 Å². The van der Waals surface area contributed by atoms with Gasteiger partial charge in [-0.1, -0.05) is 54.6 Å². The van der Waals surface area contributed by atoms with Gasteiger partial charge < -0.3 is 19.7 Å². The molecular weight excluding hydrogens is 412 g/mol. The Morgan fingerprint density at radius 3 is 1.55 bits per heavy atom. The molecule has 0 aliphatic rings. The van der Waals surface area contributed by atoms with E-state index in [4.69, 9.17) is 31.3 Å². The lowest BCUT2D eigenvalue weighted by atomic mass is 9.88. The third-order valence-corrected chi connectivity index (χ3v) is 4.96. The van der Waals surface area contributed by atoms with Crippen molar-refractivity contribution in [2.45, 2.75) is 6.42 Å². The van der Waals surface area contributed by atoms with Crippen molar-refractivity contribution >= 4 is 22.7 Å². The Bertz CT molecular complexity index is 897. The van der Waals surface area contributed by atoms with Crippen LogP contribution in [-0.4, -0.2) is 42.5 Å². The fourth-order valence-electron chi connectivity index (χ4n) is 3.43. The lowest BCUT2D eigenvalue weighted by Gasteiger charge is -2.18. The van der Waals surface area contributed by atoms with E-state index < -0.39 is 0 Å². The first-order valence-electron chi connectivity index (χ1n) is 10.3. The first-order valence-corrected chi connectivity index (χ1v) is 10.8. The molecule has 0 aliphatic carbocycles. The Hall–Kier alpha value is -2.79. The zero-order chi connectivity index (χ0) is 21.9. The summed E-state index contributed by atoms with van der Waals surface area (Å²) < 4.78 is 11.0. The SMILES string of the molecule is OCCOc1ccc(C(=C(CCCl)c2ccccc2)c2ccc(OCCO)cc2)cc1. The summed E-state index contributed by atoms with van der Waals surface area (Å²) in [7, 11) is 0. The topological polar surface area (TPSA) is 58.9 Å². The number of halogens is 1. The maximum atomic E-state index is 8.98. The van der Waals surface area contributed by atoms with Crippen LogP contribution in [0.15, 0.2) is 78.9 Å². The van der Waals surface area contributed by atoms with Gasteiger partial charge in [0.25, 0.3) is 0 Å². The summed E-state index contributed by atoms with van der Waals surface area (Å²) in [6, 6.07) is 26.0. The molecule has 0 amide bonds. The summed E-state index contributed by atoms with van der Waals surface area (Å²) in [5.74, 6) is 1.93. The highest BCUT2D eigenvalue weighted by molar-refractivity contribution is 6.18. The molecule has 0 fully saturated rings. The summed E-state index contributed by atoms with van der Waals surface area (Å²) in [6.45, 7) is 0.481. The molecule has 5 heteroatoms. The van der Waals surface area contributed by atoms with E-state index >= 15 is 0 Å². The van der Waals surface area contributed by atoms with Gasteiger partial charge in [0.15, 0.2) is 0 Å². The number of allylic oxidation sites excluding steroid dienone is 1. The first kappa shape index (κ1) is 22.9. The van der Waals surface area contributed by atoms with Crippen LogP contribution in [0, 0.1) is 0 Å². The van der Waals surface area contributed by atoms with Crippen molar-refractivity contribution in [3.8, 4) is 11.5 Å². The smallest absolute Gasteiger partial charge is 0.119 e. The minimum Gasteiger partial charge on any atom is -0.491 e. The van der Waals surface area contributed by atoms with Crippen LogP contribution < -0.4 is 9.47 Å². The maximum Gasteiger partial charge on any atom is 0.119 e. The van der Waals surface area contributed by atoms with Crippen LogP contribution in [0.5, 0.6) is 11.5 Å². The molecule has 0 radical (unpaired) electrons. The molecule has 0 spiro atoms. The monoisotopic (exact) mass is 438 g/mol. The number of hydrogen-bond donors (Lipinski definition) is 2. The highest BCUT2D eigenvalue weighted by Crippen LogP contribution is 2.36. The Kier molecular flexibility index (Phi) is 8.98. The fraction of sp³-hybridized carbons (Fsp3) is 0.231. The Balaban J connectivity index is 2.09. The van der Waals surface area contributed by atoms with E-state index in [0.29, 0.717) is 23.8 Å². The summed E-state index contributed by atoms with van der Waals surface area (Å²) in [4.78, 5) is 0. The second kappa shape index (κ2) is 12.2. The van der Waals surface area contributed by atoms with Gasteiger partial charge in [-0.05, 0) is 58.5 Å². The van der Waals surface area contributed by atoms with Gasteiger partial charge in [0, 0.05) is 5.88 Å². The molecular formula is C26H27ClO4. The van der Waals surface area contributed by atoms with Gasteiger partial charge >= 0.3 is 0 Å². The molecule has 0 bridgehead atoms. The average molecular weight is 439 g/mol. The predicted molar refractivity (Wildman–Crippen MR) is 126 cm³/mol. The lowest BCUT2D eigenvalue weighted by Crippen LogP contribution is -2.02. The van der Waals surface area contributed by atoms with E-state index in [1.165, 1.54) is 0 Å². The first-order chi connectivity index (χ1) is 15.3. The van der Waals surface area contributed by atoms with Crippen molar-refractivity contribution in [2.75, 3.05) is 32.3 Å². The highest BCUT2D eigenvalue weighted by atomic mass is 35.5. The minimum atomic E-state index is -0.0223. The zero-order valence-electron chi connectivity index (χ0n) is 17.3. The van der Waals surface area contributed by atoms with Gasteiger partial charge in [-0.25, -0.2) is 0 Å². The van der Waals surface area contributed by atoms with E-state index in [1.807, 2.05) is 66.7 Å². The highest BCUT2D eigenvalue weighted by Gasteiger charge is 2.14. The molecule has 3 aromatic carbocycles. The Labute approximate surface area is 188 Å². The molecule has 0 heterocycles. The second-order valence-electron chi connectivity index (χ2n) is 6.85. The molecule has 0 aliphatic heterocycles. The number of rotatable bonds is 11. The quantitative estimate of drug-likeness (QED) is 0.326. The van der Waals surface area contributed by atoms with Crippen LogP contribution in [0.4, 0.5) is 0 Å². The van der Waals surface area contributed by atoms with E-state index in [1.54, 1.807) is 0 Å². The third-order valence-electron chi connectivity index (χ3n) is 4.77. The van der Waals surface area contributed by atoms with E-state index in [2.05, 4.69) is 12.1 Å². The molecule has 0 unspecified atom stereocenters. The summed E-state index contributed by atoms with van der Waals surface area (Å²) in [6.07, 6.45) is 0.715. The molecule has 4 nitrogen and oxygen atoms in total. The molecule has 0 aromatic heterocycles. The second-order valence-corrected chi connectivity index (χ2v) is 7.23. The van der Waals surface area contributed by atoms with Crippen LogP contribution in [0.25, 0.3) is 11.1 Å². The Morgan fingerprint density at radius 2 is 1.13 bits per heavy atom. The van der Waals surface area contributed by atoms with Crippen molar-refractivity contribution < 1.29 is 19.7 Å². The number of ether oxygens (including phenoxy) is 2. The zero-order valence-corrected chi connectivity index (χ0v) is 18.1. The molecule has 3 rings (SSSR count). The van der Waals surface area contributed by atoms with E-state index in [0.717, 1.165) is 27.8 Å². The van der Waals surface area contributed by atoms with Crippen molar-refractivity contribution in [1.29, 1.82) is 0 Å². The normalized spacial score (nSPS) is 10.5. The number of hydrogen-bond acceptors (Lipinski definition) is 4.